The second-order valence-corrected chi connectivity index (χ2v) is 5.28. The lowest BCUT2D eigenvalue weighted by molar-refractivity contribution is 0.730. The fraction of sp³-hybridized carbons (Fsp3) is 0.214. The zero-order valence-electron chi connectivity index (χ0n) is 10.8. The number of nitrogens with two attached hydrogens (primary N) is 1. The minimum absolute atomic E-state index is 0.106. The highest BCUT2D eigenvalue weighted by atomic mass is 35.5. The fourth-order valence-corrected chi connectivity index (χ4v) is 2.28. The summed E-state index contributed by atoms with van der Waals surface area (Å²) in [5, 5.41) is 1.25. The van der Waals surface area contributed by atoms with E-state index in [0.29, 0.717) is 16.5 Å². The number of hydrogen-bond acceptors (Lipinski definition) is 3. The van der Waals surface area contributed by atoms with Gasteiger partial charge in [0, 0.05) is 18.3 Å². The molecule has 100 valence electrons. The first-order valence-electron chi connectivity index (χ1n) is 5.88. The summed E-state index contributed by atoms with van der Waals surface area (Å²) in [4.78, 5) is 6.28. The van der Waals surface area contributed by atoms with Gasteiger partial charge in [-0.2, -0.15) is 0 Å². The van der Waals surface area contributed by atoms with Crippen molar-refractivity contribution in [2.24, 2.45) is 0 Å². The first-order valence-corrected chi connectivity index (χ1v) is 6.64. The Morgan fingerprint density at radius 2 is 1.95 bits per heavy atom. The monoisotopic (exact) mass is 295 g/mol. The number of hydrogen-bond donors (Lipinski definition) is 1. The molecule has 0 saturated carbocycles. The molecule has 0 bridgehead atoms. The maximum Gasteiger partial charge on any atom is 0.152 e. The van der Waals surface area contributed by atoms with Gasteiger partial charge in [0.1, 0.15) is 0 Å². The summed E-state index contributed by atoms with van der Waals surface area (Å²) < 4.78 is 0. The van der Waals surface area contributed by atoms with E-state index < -0.39 is 0 Å². The molecule has 0 radical (unpaired) electrons. The van der Waals surface area contributed by atoms with Gasteiger partial charge in [0.2, 0.25) is 0 Å². The highest BCUT2D eigenvalue weighted by Gasteiger charge is 2.16. The molecule has 2 rings (SSSR count). The van der Waals surface area contributed by atoms with Gasteiger partial charge in [0.05, 0.1) is 16.8 Å². The molecule has 1 unspecified atom stereocenters. The minimum atomic E-state index is 0.106. The average Bonchev–Trinajstić information content (AvgIpc) is 2.37. The van der Waals surface area contributed by atoms with Crippen molar-refractivity contribution in [2.75, 3.05) is 17.7 Å². The van der Waals surface area contributed by atoms with E-state index in [0.717, 1.165) is 10.6 Å². The molecule has 1 atom stereocenters. The maximum absolute atomic E-state index is 6.02. The van der Waals surface area contributed by atoms with E-state index in [1.807, 2.05) is 36.2 Å². The Labute approximate surface area is 123 Å². The Morgan fingerprint density at radius 3 is 2.58 bits per heavy atom. The van der Waals surface area contributed by atoms with Gasteiger partial charge in [-0.25, -0.2) is 4.98 Å². The third-order valence-electron chi connectivity index (χ3n) is 3.11. The van der Waals surface area contributed by atoms with Crippen molar-refractivity contribution in [3.8, 4) is 0 Å². The zero-order valence-corrected chi connectivity index (χ0v) is 12.3. The number of pyridine rings is 1. The molecule has 1 heterocycles. The Bertz CT molecular complexity index is 587. The second-order valence-electron chi connectivity index (χ2n) is 4.41. The van der Waals surface area contributed by atoms with Crippen molar-refractivity contribution in [1.82, 2.24) is 4.98 Å². The van der Waals surface area contributed by atoms with Crippen LogP contribution in [0.5, 0.6) is 0 Å². The fourth-order valence-electron chi connectivity index (χ4n) is 1.92. The smallest absolute Gasteiger partial charge is 0.152 e. The van der Waals surface area contributed by atoms with Crippen LogP contribution in [0.25, 0.3) is 0 Å². The van der Waals surface area contributed by atoms with Crippen molar-refractivity contribution >= 4 is 34.7 Å². The van der Waals surface area contributed by atoms with Gasteiger partial charge < -0.3 is 10.6 Å². The number of anilines is 2. The van der Waals surface area contributed by atoms with E-state index in [4.69, 9.17) is 28.9 Å². The Balaban J connectivity index is 2.30. The van der Waals surface area contributed by atoms with Crippen LogP contribution in [0.1, 0.15) is 18.5 Å². The third kappa shape index (κ3) is 3.11. The molecule has 2 N–H and O–H groups in total. The number of nitrogens with zero attached hydrogens (tertiary/aromatic N) is 2. The van der Waals surface area contributed by atoms with Crippen LogP contribution in [0.3, 0.4) is 0 Å². The van der Waals surface area contributed by atoms with E-state index in [9.17, 15) is 0 Å². The molecule has 0 amide bonds. The molecule has 0 saturated heterocycles. The normalized spacial score (nSPS) is 12.2. The minimum Gasteiger partial charge on any atom is -0.396 e. The van der Waals surface area contributed by atoms with E-state index in [2.05, 4.69) is 11.9 Å². The molecule has 0 aliphatic carbocycles. The van der Waals surface area contributed by atoms with Gasteiger partial charge in [-0.05, 0) is 30.7 Å². The van der Waals surface area contributed by atoms with Gasteiger partial charge in [-0.15, -0.1) is 0 Å². The molecule has 2 aromatic rings. The lowest BCUT2D eigenvalue weighted by Crippen LogP contribution is -2.23. The lowest BCUT2D eigenvalue weighted by atomic mass is 10.1. The standard InChI is InChI=1S/C14H15Cl2N3/c1-9(10-4-3-5-11(15)6-10)19(2)14-13(17)7-12(16)8-18-14/h3-9H,17H2,1-2H3. The summed E-state index contributed by atoms with van der Waals surface area (Å²) in [5.74, 6) is 0.705. The molecular weight excluding hydrogens is 281 g/mol. The third-order valence-corrected chi connectivity index (χ3v) is 3.55. The van der Waals surface area contributed by atoms with Crippen LogP contribution in [0.4, 0.5) is 11.5 Å². The zero-order chi connectivity index (χ0) is 14.0. The second kappa shape index (κ2) is 5.68. The number of nitrogen functional groups attached to an aromatic ring is 1. The van der Waals surface area contributed by atoms with Gasteiger partial charge in [-0.1, -0.05) is 35.3 Å². The van der Waals surface area contributed by atoms with Crippen LogP contribution in [0.15, 0.2) is 36.5 Å². The van der Waals surface area contributed by atoms with Crippen LogP contribution in [0, 0.1) is 0 Å². The Kier molecular flexibility index (Phi) is 4.17. The number of halogens is 2. The SMILES string of the molecule is CC(c1cccc(Cl)c1)N(C)c1ncc(Cl)cc1N. The molecule has 0 aliphatic heterocycles. The molecular formula is C14H15Cl2N3. The first kappa shape index (κ1) is 14.0. The molecule has 0 fully saturated rings. The summed E-state index contributed by atoms with van der Waals surface area (Å²) >= 11 is 11.9. The van der Waals surface area contributed by atoms with Crippen LogP contribution in [-0.4, -0.2) is 12.0 Å². The summed E-state index contributed by atoms with van der Waals surface area (Å²) in [6, 6.07) is 9.56. The lowest BCUT2D eigenvalue weighted by Gasteiger charge is -2.27. The molecule has 1 aromatic heterocycles. The van der Waals surface area contributed by atoms with Gasteiger partial charge >= 0.3 is 0 Å². The number of benzene rings is 1. The molecule has 3 nitrogen and oxygen atoms in total. The van der Waals surface area contributed by atoms with Crippen molar-refractivity contribution in [1.29, 1.82) is 0 Å². The molecule has 0 spiro atoms. The maximum atomic E-state index is 6.02. The summed E-state index contributed by atoms with van der Waals surface area (Å²) in [6.45, 7) is 2.07. The van der Waals surface area contributed by atoms with Crippen molar-refractivity contribution in [2.45, 2.75) is 13.0 Å². The number of aromatic nitrogens is 1. The van der Waals surface area contributed by atoms with Crippen LogP contribution in [0.2, 0.25) is 10.0 Å². The van der Waals surface area contributed by atoms with E-state index in [-0.39, 0.29) is 6.04 Å². The molecule has 5 heteroatoms. The van der Waals surface area contributed by atoms with Crippen LogP contribution >= 0.6 is 23.2 Å². The van der Waals surface area contributed by atoms with Crippen LogP contribution < -0.4 is 10.6 Å². The van der Waals surface area contributed by atoms with E-state index in [1.54, 1.807) is 12.3 Å². The van der Waals surface area contributed by atoms with Crippen molar-refractivity contribution in [3.63, 3.8) is 0 Å². The van der Waals surface area contributed by atoms with E-state index >= 15 is 0 Å². The van der Waals surface area contributed by atoms with Gasteiger partial charge in [-0.3, -0.25) is 0 Å². The predicted molar refractivity (Wildman–Crippen MR) is 81.9 cm³/mol. The summed E-state index contributed by atoms with van der Waals surface area (Å²) in [5.41, 5.74) is 7.62. The largest absolute Gasteiger partial charge is 0.396 e. The van der Waals surface area contributed by atoms with E-state index in [1.165, 1.54) is 0 Å². The highest BCUT2D eigenvalue weighted by Crippen LogP contribution is 2.30. The molecule has 19 heavy (non-hydrogen) atoms. The average molecular weight is 296 g/mol. The Morgan fingerprint density at radius 1 is 1.21 bits per heavy atom. The van der Waals surface area contributed by atoms with Crippen molar-refractivity contribution < 1.29 is 0 Å². The predicted octanol–water partition coefficient (Wildman–Crippen LogP) is 4.17. The topological polar surface area (TPSA) is 42.2 Å². The Hall–Kier alpha value is -1.45. The van der Waals surface area contributed by atoms with Crippen LogP contribution in [-0.2, 0) is 0 Å². The first-order chi connectivity index (χ1) is 8.99. The highest BCUT2D eigenvalue weighted by molar-refractivity contribution is 6.31. The molecule has 0 aliphatic rings. The van der Waals surface area contributed by atoms with Gasteiger partial charge in [0.15, 0.2) is 5.82 Å². The van der Waals surface area contributed by atoms with Gasteiger partial charge in [0.25, 0.3) is 0 Å². The quantitative estimate of drug-likeness (QED) is 0.924. The summed E-state index contributed by atoms with van der Waals surface area (Å²) in [6.07, 6.45) is 1.59. The molecule has 1 aromatic carbocycles. The van der Waals surface area contributed by atoms with Crippen molar-refractivity contribution in [3.05, 3.63) is 52.1 Å². The summed E-state index contributed by atoms with van der Waals surface area (Å²) in [7, 11) is 1.94. The number of rotatable bonds is 3.